The molecule has 1 fully saturated rings. The van der Waals surface area contributed by atoms with E-state index in [1.165, 1.54) is 16.4 Å². The fraction of sp³-hybridized carbons (Fsp3) is 0.316. The molecule has 0 bridgehead atoms. The average Bonchev–Trinajstić information content (AvgIpc) is 3.22. The Hall–Kier alpha value is -2.38. The van der Waals surface area contributed by atoms with Gasteiger partial charge in [0, 0.05) is 18.7 Å². The Kier molecular flexibility index (Phi) is 5.58. The molecule has 0 atom stereocenters. The van der Waals surface area contributed by atoms with E-state index in [1.807, 2.05) is 24.3 Å². The molecule has 0 radical (unpaired) electrons. The Balaban J connectivity index is 1.67. The van der Waals surface area contributed by atoms with Crippen LogP contribution in [0.2, 0.25) is 0 Å². The zero-order valence-corrected chi connectivity index (χ0v) is 15.5. The van der Waals surface area contributed by atoms with Crippen molar-refractivity contribution in [2.24, 2.45) is 0 Å². The number of Topliss-reactive ketones (excluding diaryl/α,β-unsaturated/α-hetero) is 1. The van der Waals surface area contributed by atoms with E-state index in [0.717, 1.165) is 18.5 Å². The van der Waals surface area contributed by atoms with Gasteiger partial charge in [0.25, 0.3) is 0 Å². The molecule has 1 heterocycles. The molecular weight excluding hydrogens is 352 g/mol. The number of carbonyl (C=O) groups excluding carboxylic acids is 1. The van der Waals surface area contributed by atoms with Crippen LogP contribution in [0.4, 0.5) is 5.69 Å². The highest BCUT2D eigenvalue weighted by molar-refractivity contribution is 7.89. The Morgan fingerprint density at radius 2 is 1.73 bits per heavy atom. The molecular formula is C19H22N2O4S. The maximum absolute atomic E-state index is 12.5. The number of methoxy groups -OCH3 is 1. The number of para-hydroxylation sites is 2. The quantitative estimate of drug-likeness (QED) is 0.754. The maximum atomic E-state index is 12.5. The van der Waals surface area contributed by atoms with Crippen LogP contribution in [0.1, 0.15) is 23.2 Å². The van der Waals surface area contributed by atoms with Crippen molar-refractivity contribution in [1.82, 2.24) is 4.31 Å². The van der Waals surface area contributed by atoms with Gasteiger partial charge in [-0.1, -0.05) is 12.1 Å². The molecule has 2 aromatic carbocycles. The number of nitrogens with zero attached hydrogens (tertiary/aromatic N) is 1. The second-order valence-corrected chi connectivity index (χ2v) is 8.05. The molecule has 0 aromatic heterocycles. The number of ether oxygens (including phenoxy) is 1. The molecule has 7 heteroatoms. The largest absolute Gasteiger partial charge is 0.495 e. The van der Waals surface area contributed by atoms with Gasteiger partial charge in [-0.25, -0.2) is 8.42 Å². The predicted molar refractivity (Wildman–Crippen MR) is 100 cm³/mol. The van der Waals surface area contributed by atoms with Crippen molar-refractivity contribution in [3.8, 4) is 5.75 Å². The fourth-order valence-corrected chi connectivity index (χ4v) is 4.48. The molecule has 0 amide bonds. The lowest BCUT2D eigenvalue weighted by molar-refractivity contribution is 0.101. The van der Waals surface area contributed by atoms with Gasteiger partial charge < -0.3 is 10.1 Å². The molecule has 26 heavy (non-hydrogen) atoms. The SMILES string of the molecule is COc1ccccc1NCC(=O)c1ccc(S(=O)(=O)N2CCCC2)cc1. The summed E-state index contributed by atoms with van der Waals surface area (Å²) in [5.41, 5.74) is 1.20. The van der Waals surface area contributed by atoms with Gasteiger partial charge in [0.2, 0.25) is 10.0 Å². The molecule has 1 saturated heterocycles. The molecule has 138 valence electrons. The Morgan fingerprint density at radius 3 is 2.38 bits per heavy atom. The van der Waals surface area contributed by atoms with Gasteiger partial charge in [0.05, 0.1) is 24.2 Å². The van der Waals surface area contributed by atoms with Crippen molar-refractivity contribution in [3.63, 3.8) is 0 Å². The lowest BCUT2D eigenvalue weighted by Crippen LogP contribution is -2.27. The van der Waals surface area contributed by atoms with Gasteiger partial charge in [0.15, 0.2) is 5.78 Å². The first-order chi connectivity index (χ1) is 12.5. The molecule has 6 nitrogen and oxygen atoms in total. The van der Waals surface area contributed by atoms with Gasteiger partial charge in [-0.3, -0.25) is 4.79 Å². The Morgan fingerprint density at radius 1 is 1.08 bits per heavy atom. The van der Waals surface area contributed by atoms with Crippen LogP contribution in [0.5, 0.6) is 5.75 Å². The Labute approximate surface area is 153 Å². The van der Waals surface area contributed by atoms with Crippen molar-refractivity contribution in [1.29, 1.82) is 0 Å². The minimum Gasteiger partial charge on any atom is -0.495 e. The summed E-state index contributed by atoms with van der Waals surface area (Å²) >= 11 is 0. The zero-order chi connectivity index (χ0) is 18.6. The molecule has 0 aliphatic carbocycles. The highest BCUT2D eigenvalue weighted by atomic mass is 32.2. The van der Waals surface area contributed by atoms with E-state index in [4.69, 9.17) is 4.74 Å². The van der Waals surface area contributed by atoms with Crippen LogP contribution in [-0.4, -0.2) is 45.3 Å². The highest BCUT2D eigenvalue weighted by Crippen LogP contribution is 2.23. The van der Waals surface area contributed by atoms with Gasteiger partial charge in [-0.15, -0.1) is 0 Å². The number of benzene rings is 2. The number of rotatable bonds is 7. The molecule has 0 saturated carbocycles. The van der Waals surface area contributed by atoms with Crippen LogP contribution in [0, 0.1) is 0 Å². The van der Waals surface area contributed by atoms with Crippen molar-refractivity contribution in [2.75, 3.05) is 32.1 Å². The third-order valence-corrected chi connectivity index (χ3v) is 6.34. The summed E-state index contributed by atoms with van der Waals surface area (Å²) < 4.78 is 31.8. The van der Waals surface area contributed by atoms with Crippen LogP contribution in [0.25, 0.3) is 0 Å². The summed E-state index contributed by atoms with van der Waals surface area (Å²) in [6, 6.07) is 13.5. The van der Waals surface area contributed by atoms with Crippen LogP contribution < -0.4 is 10.1 Å². The summed E-state index contributed by atoms with van der Waals surface area (Å²) in [5.74, 6) is 0.536. The van der Waals surface area contributed by atoms with E-state index in [2.05, 4.69) is 5.32 Å². The summed E-state index contributed by atoms with van der Waals surface area (Å²) in [7, 11) is -1.88. The normalized spacial score (nSPS) is 15.0. The smallest absolute Gasteiger partial charge is 0.243 e. The van der Waals surface area contributed by atoms with Crippen molar-refractivity contribution in [3.05, 3.63) is 54.1 Å². The molecule has 2 aromatic rings. The van der Waals surface area contributed by atoms with Crippen LogP contribution in [0.3, 0.4) is 0 Å². The topological polar surface area (TPSA) is 75.7 Å². The Bertz CT molecular complexity index is 873. The van der Waals surface area contributed by atoms with Crippen LogP contribution >= 0.6 is 0 Å². The number of nitrogens with one attached hydrogen (secondary N) is 1. The van der Waals surface area contributed by atoms with E-state index < -0.39 is 10.0 Å². The van der Waals surface area contributed by atoms with E-state index in [0.29, 0.717) is 24.4 Å². The maximum Gasteiger partial charge on any atom is 0.243 e. The van der Waals surface area contributed by atoms with Gasteiger partial charge in [-0.05, 0) is 49.2 Å². The average molecular weight is 374 g/mol. The first-order valence-corrected chi connectivity index (χ1v) is 9.96. The number of anilines is 1. The standard InChI is InChI=1S/C19H22N2O4S/c1-25-19-7-3-2-6-17(19)20-14-18(22)15-8-10-16(11-9-15)26(23,24)21-12-4-5-13-21/h2-3,6-11,20H,4-5,12-14H2,1H3. The summed E-state index contributed by atoms with van der Waals surface area (Å²) in [5, 5.41) is 3.05. The second-order valence-electron chi connectivity index (χ2n) is 6.11. The van der Waals surface area contributed by atoms with Gasteiger partial charge in [0.1, 0.15) is 5.75 Å². The first-order valence-electron chi connectivity index (χ1n) is 8.52. The molecule has 1 aliphatic heterocycles. The number of sulfonamides is 1. The lowest BCUT2D eigenvalue weighted by Gasteiger charge is -2.15. The van der Waals surface area contributed by atoms with E-state index in [1.54, 1.807) is 19.2 Å². The molecule has 1 aliphatic rings. The number of hydrogen-bond donors (Lipinski definition) is 1. The zero-order valence-electron chi connectivity index (χ0n) is 14.6. The van der Waals surface area contributed by atoms with Crippen molar-refractivity contribution < 1.29 is 17.9 Å². The lowest BCUT2D eigenvalue weighted by atomic mass is 10.1. The minimum absolute atomic E-state index is 0.0958. The third-order valence-electron chi connectivity index (χ3n) is 4.43. The molecule has 0 unspecified atom stereocenters. The summed E-state index contributed by atoms with van der Waals surface area (Å²) in [4.78, 5) is 12.6. The van der Waals surface area contributed by atoms with Gasteiger partial charge >= 0.3 is 0 Å². The fourth-order valence-electron chi connectivity index (χ4n) is 2.96. The highest BCUT2D eigenvalue weighted by Gasteiger charge is 2.27. The van der Waals surface area contributed by atoms with E-state index >= 15 is 0 Å². The second kappa shape index (κ2) is 7.88. The number of hydrogen-bond acceptors (Lipinski definition) is 5. The van der Waals surface area contributed by atoms with Crippen molar-refractivity contribution in [2.45, 2.75) is 17.7 Å². The third kappa shape index (κ3) is 3.89. The first kappa shape index (κ1) is 18.4. The summed E-state index contributed by atoms with van der Waals surface area (Å²) in [6.07, 6.45) is 1.79. The predicted octanol–water partition coefficient (Wildman–Crippen LogP) is 2.77. The van der Waals surface area contributed by atoms with Crippen molar-refractivity contribution >= 4 is 21.5 Å². The number of carbonyl (C=O) groups is 1. The minimum atomic E-state index is -3.46. The van der Waals surface area contributed by atoms with Crippen LogP contribution in [0.15, 0.2) is 53.4 Å². The molecule has 0 spiro atoms. The summed E-state index contributed by atoms with van der Waals surface area (Å²) in [6.45, 7) is 1.22. The van der Waals surface area contributed by atoms with E-state index in [-0.39, 0.29) is 17.2 Å². The monoisotopic (exact) mass is 374 g/mol. The molecule has 3 rings (SSSR count). The number of ketones is 1. The van der Waals surface area contributed by atoms with Gasteiger partial charge in [-0.2, -0.15) is 4.31 Å². The van der Waals surface area contributed by atoms with E-state index in [9.17, 15) is 13.2 Å². The molecule has 1 N–H and O–H groups in total. The van der Waals surface area contributed by atoms with Crippen LogP contribution in [-0.2, 0) is 10.0 Å².